The van der Waals surface area contributed by atoms with Gasteiger partial charge in [0.25, 0.3) is 0 Å². The second-order valence-corrected chi connectivity index (χ2v) is 7.37. The normalized spacial score (nSPS) is 34.5. The zero-order valence-corrected chi connectivity index (χ0v) is 13.1. The van der Waals surface area contributed by atoms with Gasteiger partial charge in [0.1, 0.15) is 6.04 Å². The van der Waals surface area contributed by atoms with Crippen molar-refractivity contribution in [1.29, 1.82) is 0 Å². The molecular weight excluding hydrogens is 264 g/mol. The van der Waals surface area contributed by atoms with Gasteiger partial charge in [0, 0.05) is 19.5 Å². The van der Waals surface area contributed by atoms with Crippen molar-refractivity contribution in [2.24, 2.45) is 17.8 Å². The van der Waals surface area contributed by atoms with Crippen LogP contribution in [0.25, 0.3) is 0 Å². The first-order valence-electron chi connectivity index (χ1n) is 8.71. The summed E-state index contributed by atoms with van der Waals surface area (Å²) < 4.78 is 0. The van der Waals surface area contributed by atoms with E-state index in [0.717, 1.165) is 37.6 Å². The van der Waals surface area contributed by atoms with E-state index in [1.165, 1.54) is 25.7 Å². The topological polar surface area (TPSA) is 49.4 Å². The first-order chi connectivity index (χ1) is 10.1. The van der Waals surface area contributed by atoms with Gasteiger partial charge < -0.3 is 10.2 Å². The second-order valence-electron chi connectivity index (χ2n) is 7.37. The van der Waals surface area contributed by atoms with Crippen molar-refractivity contribution in [3.8, 4) is 0 Å². The van der Waals surface area contributed by atoms with Gasteiger partial charge in [-0.05, 0) is 37.0 Å². The molecule has 4 nitrogen and oxygen atoms in total. The van der Waals surface area contributed by atoms with E-state index in [1.54, 1.807) is 0 Å². The molecule has 3 rings (SSSR count). The van der Waals surface area contributed by atoms with Gasteiger partial charge in [-0.15, -0.1) is 0 Å². The predicted molar refractivity (Wildman–Crippen MR) is 81.6 cm³/mol. The van der Waals surface area contributed by atoms with Gasteiger partial charge in [0.15, 0.2) is 0 Å². The lowest BCUT2D eigenvalue weighted by Crippen LogP contribution is -2.46. The summed E-state index contributed by atoms with van der Waals surface area (Å²) in [6.45, 7) is 3.79. The number of nitrogens with one attached hydrogen (secondary N) is 1. The largest absolute Gasteiger partial charge is 0.344 e. The van der Waals surface area contributed by atoms with E-state index < -0.39 is 0 Å². The lowest BCUT2D eigenvalue weighted by molar-refractivity contribution is -0.134. The monoisotopic (exact) mass is 292 g/mol. The van der Waals surface area contributed by atoms with Crippen molar-refractivity contribution in [3.63, 3.8) is 0 Å². The summed E-state index contributed by atoms with van der Waals surface area (Å²) in [6.07, 6.45) is 9.06. The van der Waals surface area contributed by atoms with Crippen LogP contribution in [0.3, 0.4) is 0 Å². The van der Waals surface area contributed by atoms with Crippen molar-refractivity contribution in [1.82, 2.24) is 10.2 Å². The Balaban J connectivity index is 1.53. The number of rotatable bonds is 4. The summed E-state index contributed by atoms with van der Waals surface area (Å²) in [6, 6.07) is -0.230. The second kappa shape index (κ2) is 6.37. The van der Waals surface area contributed by atoms with Crippen LogP contribution in [0, 0.1) is 17.8 Å². The fourth-order valence-corrected chi connectivity index (χ4v) is 3.78. The summed E-state index contributed by atoms with van der Waals surface area (Å²) in [5, 5.41) is 2.93. The van der Waals surface area contributed by atoms with Crippen LogP contribution in [0.4, 0.5) is 0 Å². The van der Waals surface area contributed by atoms with Gasteiger partial charge in [-0.2, -0.15) is 0 Å². The van der Waals surface area contributed by atoms with Crippen LogP contribution in [0.1, 0.15) is 58.3 Å². The highest BCUT2D eigenvalue weighted by Gasteiger charge is 2.40. The van der Waals surface area contributed by atoms with Crippen molar-refractivity contribution >= 4 is 11.8 Å². The average Bonchev–Trinajstić information content (AvgIpc) is 3.30. The van der Waals surface area contributed by atoms with Gasteiger partial charge in [-0.3, -0.25) is 9.59 Å². The summed E-state index contributed by atoms with van der Waals surface area (Å²) >= 11 is 0. The van der Waals surface area contributed by atoms with Gasteiger partial charge in [-0.1, -0.05) is 32.6 Å². The zero-order chi connectivity index (χ0) is 14.8. The number of nitrogens with zero attached hydrogens (tertiary/aromatic N) is 1. The summed E-state index contributed by atoms with van der Waals surface area (Å²) in [5.74, 6) is 2.28. The van der Waals surface area contributed by atoms with E-state index in [2.05, 4.69) is 12.2 Å². The SMILES string of the molecule is CC1CCC(CCN2CCC(=O)NC(C3CC3)C2=O)CC1. The van der Waals surface area contributed by atoms with Crippen LogP contribution in [0.2, 0.25) is 0 Å². The average molecular weight is 292 g/mol. The molecule has 3 fully saturated rings. The van der Waals surface area contributed by atoms with E-state index in [1.807, 2.05) is 4.90 Å². The minimum absolute atomic E-state index is 0.0502. The molecule has 2 amide bonds. The van der Waals surface area contributed by atoms with E-state index in [-0.39, 0.29) is 17.9 Å². The van der Waals surface area contributed by atoms with Crippen LogP contribution >= 0.6 is 0 Å². The summed E-state index contributed by atoms with van der Waals surface area (Å²) in [4.78, 5) is 26.3. The smallest absolute Gasteiger partial charge is 0.245 e. The van der Waals surface area contributed by atoms with Crippen LogP contribution in [0.15, 0.2) is 0 Å². The number of amides is 2. The Labute approximate surface area is 127 Å². The number of carbonyl (C=O) groups excluding carboxylic acids is 2. The quantitative estimate of drug-likeness (QED) is 0.864. The third-order valence-corrected chi connectivity index (χ3v) is 5.54. The maximum atomic E-state index is 12.6. The molecule has 1 atom stereocenters. The molecule has 1 saturated heterocycles. The molecule has 0 spiro atoms. The molecule has 1 N–H and O–H groups in total. The molecule has 0 aromatic rings. The number of hydrogen-bond acceptors (Lipinski definition) is 2. The van der Waals surface area contributed by atoms with Gasteiger partial charge in [0.2, 0.25) is 11.8 Å². The Kier molecular flexibility index (Phi) is 4.51. The Bertz CT molecular complexity index is 398. The molecule has 0 bridgehead atoms. The highest BCUT2D eigenvalue weighted by atomic mass is 16.2. The molecule has 1 heterocycles. The molecule has 1 unspecified atom stereocenters. The standard InChI is InChI=1S/C17H28N2O2/c1-12-2-4-13(5-3-12)8-10-19-11-9-15(20)18-16(17(19)21)14-6-7-14/h12-14,16H,2-11H2,1H3,(H,18,20). The van der Waals surface area contributed by atoms with Crippen molar-refractivity contribution in [3.05, 3.63) is 0 Å². The van der Waals surface area contributed by atoms with Gasteiger partial charge in [0.05, 0.1) is 0 Å². The first kappa shape index (κ1) is 14.9. The molecule has 2 saturated carbocycles. The summed E-state index contributed by atoms with van der Waals surface area (Å²) in [7, 11) is 0. The fourth-order valence-electron chi connectivity index (χ4n) is 3.78. The van der Waals surface area contributed by atoms with Gasteiger partial charge >= 0.3 is 0 Å². The van der Waals surface area contributed by atoms with Crippen molar-refractivity contribution < 1.29 is 9.59 Å². The minimum Gasteiger partial charge on any atom is -0.344 e. The van der Waals surface area contributed by atoms with Gasteiger partial charge in [-0.25, -0.2) is 0 Å². The summed E-state index contributed by atoms with van der Waals surface area (Å²) in [5.41, 5.74) is 0. The van der Waals surface area contributed by atoms with Crippen molar-refractivity contribution in [2.45, 2.75) is 64.3 Å². The maximum absolute atomic E-state index is 12.6. The van der Waals surface area contributed by atoms with E-state index in [9.17, 15) is 9.59 Å². The Morgan fingerprint density at radius 3 is 2.48 bits per heavy atom. The first-order valence-corrected chi connectivity index (χ1v) is 8.71. The fraction of sp³-hybridized carbons (Fsp3) is 0.882. The third kappa shape index (κ3) is 3.78. The highest BCUT2D eigenvalue weighted by Crippen LogP contribution is 2.35. The highest BCUT2D eigenvalue weighted by molar-refractivity contribution is 5.90. The molecule has 21 heavy (non-hydrogen) atoms. The van der Waals surface area contributed by atoms with E-state index in [4.69, 9.17) is 0 Å². The lowest BCUT2D eigenvalue weighted by Gasteiger charge is -2.29. The molecule has 2 aliphatic carbocycles. The van der Waals surface area contributed by atoms with E-state index >= 15 is 0 Å². The van der Waals surface area contributed by atoms with E-state index in [0.29, 0.717) is 18.9 Å². The lowest BCUT2D eigenvalue weighted by atomic mass is 9.81. The maximum Gasteiger partial charge on any atom is 0.245 e. The predicted octanol–water partition coefficient (Wildman–Crippen LogP) is 2.33. The molecule has 0 aromatic carbocycles. The zero-order valence-electron chi connectivity index (χ0n) is 13.1. The molecule has 3 aliphatic rings. The molecular formula is C17H28N2O2. The Hall–Kier alpha value is -1.06. The van der Waals surface area contributed by atoms with Crippen LogP contribution < -0.4 is 5.32 Å². The minimum atomic E-state index is -0.230. The third-order valence-electron chi connectivity index (χ3n) is 5.54. The molecule has 1 aliphatic heterocycles. The molecule has 4 heteroatoms. The number of carbonyl (C=O) groups is 2. The van der Waals surface area contributed by atoms with Crippen LogP contribution in [-0.4, -0.2) is 35.8 Å². The Morgan fingerprint density at radius 1 is 1.10 bits per heavy atom. The molecule has 118 valence electrons. The molecule has 0 aromatic heterocycles. The molecule has 0 radical (unpaired) electrons. The number of hydrogen-bond donors (Lipinski definition) is 1. The van der Waals surface area contributed by atoms with Crippen LogP contribution in [0.5, 0.6) is 0 Å². The van der Waals surface area contributed by atoms with Crippen molar-refractivity contribution in [2.75, 3.05) is 13.1 Å². The van der Waals surface area contributed by atoms with Crippen LogP contribution in [-0.2, 0) is 9.59 Å². The Morgan fingerprint density at radius 2 is 1.81 bits per heavy atom.